The van der Waals surface area contributed by atoms with E-state index in [1.165, 1.54) is 0 Å². The third kappa shape index (κ3) is 7.63. The largest absolute Gasteiger partial charge is 0.444 e. The van der Waals surface area contributed by atoms with Gasteiger partial charge in [-0.1, -0.05) is 52.9 Å². The first-order valence-electron chi connectivity index (χ1n) is 7.19. The first-order chi connectivity index (χ1) is 10.3. The topological polar surface area (TPSA) is 67.4 Å². The number of amides is 2. The van der Waals surface area contributed by atoms with E-state index in [0.29, 0.717) is 13.0 Å². The predicted molar refractivity (Wildman–Crippen MR) is 95.2 cm³/mol. The molecule has 1 aromatic carbocycles. The van der Waals surface area contributed by atoms with E-state index in [1.807, 2.05) is 30.3 Å². The molecule has 0 heterocycles. The summed E-state index contributed by atoms with van der Waals surface area (Å²) in [7, 11) is 0. The van der Waals surface area contributed by atoms with E-state index in [2.05, 4.69) is 33.2 Å². The van der Waals surface area contributed by atoms with Crippen molar-refractivity contribution >= 4 is 34.6 Å². The van der Waals surface area contributed by atoms with Crippen LogP contribution >= 0.6 is 22.6 Å². The number of alkyl halides is 1. The van der Waals surface area contributed by atoms with Gasteiger partial charge in [-0.05, 0) is 26.3 Å². The molecule has 0 aliphatic rings. The molecule has 0 aliphatic carbocycles. The number of hydrogen-bond acceptors (Lipinski definition) is 3. The second kappa shape index (κ2) is 8.97. The number of alkyl carbamates (subject to hydrolysis) is 1. The monoisotopic (exact) mass is 418 g/mol. The Bertz CT molecular complexity index is 486. The first-order valence-corrected chi connectivity index (χ1v) is 8.71. The molecule has 22 heavy (non-hydrogen) atoms. The van der Waals surface area contributed by atoms with Gasteiger partial charge in [0, 0.05) is 17.4 Å². The van der Waals surface area contributed by atoms with Crippen LogP contribution in [0.5, 0.6) is 0 Å². The summed E-state index contributed by atoms with van der Waals surface area (Å²) in [5, 5.41) is 5.46. The summed E-state index contributed by atoms with van der Waals surface area (Å²) >= 11 is 2.18. The molecule has 0 spiro atoms. The molecule has 5 nitrogen and oxygen atoms in total. The third-order valence-corrected chi connectivity index (χ3v) is 3.22. The molecule has 0 aromatic heterocycles. The standard InChI is InChI=1S/C16H23IN2O3/c1-16(2,3)22-15(21)19-13(14(20)18-10-9-17)11-12-7-5-4-6-8-12/h4-8,13H,9-11H2,1-3H3,(H,18,20)(H,19,21)/t13-/m0/s1. The van der Waals surface area contributed by atoms with Crippen LogP contribution in [-0.2, 0) is 16.0 Å². The Morgan fingerprint density at radius 1 is 1.23 bits per heavy atom. The summed E-state index contributed by atoms with van der Waals surface area (Å²) in [5.74, 6) is -0.202. The molecule has 0 radical (unpaired) electrons. The van der Waals surface area contributed by atoms with Crippen LogP contribution in [0.15, 0.2) is 30.3 Å². The van der Waals surface area contributed by atoms with E-state index in [-0.39, 0.29) is 5.91 Å². The third-order valence-electron chi connectivity index (χ3n) is 2.68. The van der Waals surface area contributed by atoms with Crippen molar-refractivity contribution in [2.75, 3.05) is 11.0 Å². The molecule has 0 unspecified atom stereocenters. The summed E-state index contributed by atoms with van der Waals surface area (Å²) in [4.78, 5) is 24.1. The molecule has 1 atom stereocenters. The number of carbonyl (C=O) groups is 2. The van der Waals surface area contributed by atoms with Gasteiger partial charge in [-0.2, -0.15) is 0 Å². The molecule has 2 N–H and O–H groups in total. The molecule has 1 rings (SSSR count). The first kappa shape index (κ1) is 18.7. The fourth-order valence-corrected chi connectivity index (χ4v) is 2.07. The summed E-state index contributed by atoms with van der Waals surface area (Å²) in [5.41, 5.74) is 0.383. The Balaban J connectivity index is 2.73. The van der Waals surface area contributed by atoms with E-state index in [1.54, 1.807) is 20.8 Å². The fourth-order valence-electron chi connectivity index (χ4n) is 1.80. The van der Waals surface area contributed by atoms with Crippen molar-refractivity contribution in [3.63, 3.8) is 0 Å². The van der Waals surface area contributed by atoms with E-state index in [0.717, 1.165) is 9.99 Å². The van der Waals surface area contributed by atoms with Gasteiger partial charge < -0.3 is 15.4 Å². The Labute approximate surface area is 145 Å². The number of rotatable bonds is 6. The van der Waals surface area contributed by atoms with Gasteiger partial charge >= 0.3 is 6.09 Å². The van der Waals surface area contributed by atoms with Crippen LogP contribution in [0.1, 0.15) is 26.3 Å². The fraction of sp³-hybridized carbons (Fsp3) is 0.500. The van der Waals surface area contributed by atoms with Crippen LogP contribution in [-0.4, -0.2) is 34.6 Å². The quantitative estimate of drug-likeness (QED) is 0.552. The lowest BCUT2D eigenvalue weighted by Crippen LogP contribution is -2.49. The lowest BCUT2D eigenvalue weighted by Gasteiger charge is -2.23. The van der Waals surface area contributed by atoms with E-state index in [9.17, 15) is 9.59 Å². The van der Waals surface area contributed by atoms with Crippen molar-refractivity contribution in [1.29, 1.82) is 0 Å². The Morgan fingerprint density at radius 3 is 2.41 bits per heavy atom. The maximum Gasteiger partial charge on any atom is 0.408 e. The number of halogens is 1. The van der Waals surface area contributed by atoms with Crippen molar-refractivity contribution in [3.05, 3.63) is 35.9 Å². The van der Waals surface area contributed by atoms with Gasteiger partial charge in [0.05, 0.1) is 0 Å². The van der Waals surface area contributed by atoms with Crippen molar-refractivity contribution in [2.45, 2.75) is 38.8 Å². The lowest BCUT2D eigenvalue weighted by molar-refractivity contribution is -0.123. The van der Waals surface area contributed by atoms with E-state index in [4.69, 9.17) is 4.74 Å². The molecule has 0 saturated heterocycles. The van der Waals surface area contributed by atoms with Crippen LogP contribution < -0.4 is 10.6 Å². The molecule has 0 saturated carbocycles. The van der Waals surface area contributed by atoms with Gasteiger partial charge in [-0.3, -0.25) is 4.79 Å². The highest BCUT2D eigenvalue weighted by molar-refractivity contribution is 14.1. The lowest BCUT2D eigenvalue weighted by atomic mass is 10.1. The highest BCUT2D eigenvalue weighted by Gasteiger charge is 2.24. The number of hydrogen-bond donors (Lipinski definition) is 2. The minimum Gasteiger partial charge on any atom is -0.444 e. The Kier molecular flexibility index (Phi) is 7.64. The Morgan fingerprint density at radius 2 is 1.86 bits per heavy atom. The van der Waals surface area contributed by atoms with Gasteiger partial charge in [0.2, 0.25) is 5.91 Å². The van der Waals surface area contributed by atoms with Gasteiger partial charge in [-0.25, -0.2) is 4.79 Å². The summed E-state index contributed by atoms with van der Waals surface area (Å²) < 4.78 is 6.04. The van der Waals surface area contributed by atoms with Crippen LogP contribution in [0, 0.1) is 0 Å². The minimum atomic E-state index is -0.653. The molecular formula is C16H23IN2O3. The number of benzene rings is 1. The van der Waals surface area contributed by atoms with Crippen LogP contribution in [0.4, 0.5) is 4.79 Å². The maximum absolute atomic E-state index is 12.2. The Hall–Kier alpha value is -1.31. The second-order valence-corrected chi connectivity index (χ2v) is 6.95. The molecular weight excluding hydrogens is 395 g/mol. The molecule has 2 amide bonds. The maximum atomic E-state index is 12.2. The van der Waals surface area contributed by atoms with Crippen molar-refractivity contribution in [1.82, 2.24) is 10.6 Å². The van der Waals surface area contributed by atoms with Crippen LogP contribution in [0.25, 0.3) is 0 Å². The van der Waals surface area contributed by atoms with Gasteiger partial charge in [0.1, 0.15) is 11.6 Å². The molecule has 0 fully saturated rings. The number of ether oxygens (including phenoxy) is 1. The SMILES string of the molecule is CC(C)(C)OC(=O)N[C@@H](Cc1ccccc1)C(=O)NCCI. The average molecular weight is 418 g/mol. The molecule has 0 aliphatic heterocycles. The summed E-state index contributed by atoms with van der Waals surface area (Å²) in [6.07, 6.45) is -0.161. The highest BCUT2D eigenvalue weighted by Crippen LogP contribution is 2.08. The van der Waals surface area contributed by atoms with Crippen LogP contribution in [0.3, 0.4) is 0 Å². The summed E-state index contributed by atoms with van der Waals surface area (Å²) in [6, 6.07) is 8.92. The highest BCUT2D eigenvalue weighted by atomic mass is 127. The van der Waals surface area contributed by atoms with Crippen molar-refractivity contribution in [3.8, 4) is 0 Å². The molecule has 1 aromatic rings. The van der Waals surface area contributed by atoms with E-state index >= 15 is 0 Å². The number of nitrogens with one attached hydrogen (secondary N) is 2. The predicted octanol–water partition coefficient (Wildman–Crippen LogP) is 2.67. The van der Waals surface area contributed by atoms with E-state index < -0.39 is 17.7 Å². The number of carbonyl (C=O) groups excluding carboxylic acids is 2. The minimum absolute atomic E-state index is 0.202. The summed E-state index contributed by atoms with van der Waals surface area (Å²) in [6.45, 7) is 5.93. The molecule has 6 heteroatoms. The zero-order valence-electron chi connectivity index (χ0n) is 13.2. The van der Waals surface area contributed by atoms with Gasteiger partial charge in [-0.15, -0.1) is 0 Å². The average Bonchev–Trinajstić information content (AvgIpc) is 2.43. The zero-order valence-corrected chi connectivity index (χ0v) is 15.3. The molecule has 122 valence electrons. The smallest absolute Gasteiger partial charge is 0.408 e. The second-order valence-electron chi connectivity index (χ2n) is 5.87. The van der Waals surface area contributed by atoms with Crippen molar-refractivity contribution in [2.24, 2.45) is 0 Å². The normalized spacial score (nSPS) is 12.4. The molecule has 0 bridgehead atoms. The van der Waals surface area contributed by atoms with Crippen LogP contribution in [0.2, 0.25) is 0 Å². The van der Waals surface area contributed by atoms with Crippen molar-refractivity contribution < 1.29 is 14.3 Å². The zero-order chi connectivity index (χ0) is 16.6. The van der Waals surface area contributed by atoms with Gasteiger partial charge in [0.25, 0.3) is 0 Å². The van der Waals surface area contributed by atoms with Gasteiger partial charge in [0.15, 0.2) is 0 Å².